The number of nitrogens with one attached hydrogen (secondary N) is 1. The fourth-order valence-electron chi connectivity index (χ4n) is 2.20. The number of hydrogen-bond acceptors (Lipinski definition) is 3. The Kier molecular flexibility index (Phi) is 6.32. The highest BCUT2D eigenvalue weighted by Crippen LogP contribution is 2.05. The first-order valence-electron chi connectivity index (χ1n) is 6.79. The Morgan fingerprint density at radius 3 is 2.12 bits per heavy atom. The van der Waals surface area contributed by atoms with Crippen LogP contribution in [0.15, 0.2) is 0 Å². The third kappa shape index (κ3) is 5.28. The smallest absolute Gasteiger partial charge is 0.0113 e. The van der Waals surface area contributed by atoms with Crippen LogP contribution in [0.1, 0.15) is 34.1 Å². The van der Waals surface area contributed by atoms with Crippen molar-refractivity contribution in [1.29, 1.82) is 0 Å². The van der Waals surface area contributed by atoms with Gasteiger partial charge in [-0.2, -0.15) is 0 Å². The van der Waals surface area contributed by atoms with Crippen molar-refractivity contribution in [2.75, 3.05) is 39.3 Å². The highest BCUT2D eigenvalue weighted by Gasteiger charge is 2.17. The molecule has 0 radical (unpaired) electrons. The molecule has 0 aliphatic carbocycles. The van der Waals surface area contributed by atoms with Crippen molar-refractivity contribution in [2.24, 2.45) is 0 Å². The van der Waals surface area contributed by atoms with Crippen LogP contribution in [0.4, 0.5) is 0 Å². The molecule has 0 unspecified atom stereocenters. The Morgan fingerprint density at radius 2 is 1.62 bits per heavy atom. The summed E-state index contributed by atoms with van der Waals surface area (Å²) in [6.45, 7) is 16.4. The standard InChI is InChI=1S/C13H29N3/c1-12(2)14-6-5-7-15-8-10-16(11-9-15)13(3)4/h12-14H,5-11H2,1-4H3. The molecule has 16 heavy (non-hydrogen) atoms. The quantitative estimate of drug-likeness (QED) is 0.692. The second-order valence-electron chi connectivity index (χ2n) is 5.43. The molecule has 0 bridgehead atoms. The van der Waals surface area contributed by atoms with E-state index < -0.39 is 0 Å². The lowest BCUT2D eigenvalue weighted by atomic mass is 10.2. The Morgan fingerprint density at radius 1 is 1.00 bits per heavy atom. The molecule has 0 spiro atoms. The summed E-state index contributed by atoms with van der Waals surface area (Å²) in [5.41, 5.74) is 0. The second kappa shape index (κ2) is 7.25. The largest absolute Gasteiger partial charge is 0.314 e. The lowest BCUT2D eigenvalue weighted by Gasteiger charge is -2.36. The van der Waals surface area contributed by atoms with Gasteiger partial charge < -0.3 is 10.2 Å². The van der Waals surface area contributed by atoms with Gasteiger partial charge in [0.15, 0.2) is 0 Å². The highest BCUT2D eigenvalue weighted by atomic mass is 15.3. The SMILES string of the molecule is CC(C)NCCCN1CCN(C(C)C)CC1. The normalized spacial score (nSPS) is 19.9. The molecule has 1 saturated heterocycles. The molecule has 1 N–H and O–H groups in total. The average Bonchev–Trinajstić information content (AvgIpc) is 2.25. The summed E-state index contributed by atoms with van der Waals surface area (Å²) in [5, 5.41) is 3.47. The van der Waals surface area contributed by atoms with Gasteiger partial charge in [0.1, 0.15) is 0 Å². The molecule has 0 aromatic heterocycles. The van der Waals surface area contributed by atoms with E-state index in [9.17, 15) is 0 Å². The predicted octanol–water partition coefficient (Wildman–Crippen LogP) is 1.40. The Bertz CT molecular complexity index is 172. The summed E-state index contributed by atoms with van der Waals surface area (Å²) >= 11 is 0. The van der Waals surface area contributed by atoms with Gasteiger partial charge in [-0.1, -0.05) is 13.8 Å². The maximum Gasteiger partial charge on any atom is 0.0113 e. The summed E-state index contributed by atoms with van der Waals surface area (Å²) < 4.78 is 0. The summed E-state index contributed by atoms with van der Waals surface area (Å²) in [4.78, 5) is 5.17. The van der Waals surface area contributed by atoms with Crippen molar-refractivity contribution in [3.63, 3.8) is 0 Å². The minimum atomic E-state index is 0.623. The maximum atomic E-state index is 3.47. The minimum absolute atomic E-state index is 0.623. The maximum absolute atomic E-state index is 3.47. The zero-order chi connectivity index (χ0) is 12.0. The van der Waals surface area contributed by atoms with Crippen LogP contribution in [0, 0.1) is 0 Å². The van der Waals surface area contributed by atoms with Crippen LogP contribution >= 0.6 is 0 Å². The second-order valence-corrected chi connectivity index (χ2v) is 5.43. The van der Waals surface area contributed by atoms with Gasteiger partial charge in [-0.25, -0.2) is 0 Å². The first kappa shape index (κ1) is 13.9. The molecule has 1 aliphatic heterocycles. The molecule has 0 saturated carbocycles. The van der Waals surface area contributed by atoms with Gasteiger partial charge >= 0.3 is 0 Å². The Hall–Kier alpha value is -0.120. The summed E-state index contributed by atoms with van der Waals surface area (Å²) in [6.07, 6.45) is 1.28. The van der Waals surface area contributed by atoms with Crippen LogP contribution in [0.25, 0.3) is 0 Å². The average molecular weight is 227 g/mol. The van der Waals surface area contributed by atoms with E-state index in [1.54, 1.807) is 0 Å². The van der Waals surface area contributed by atoms with Crippen molar-refractivity contribution in [2.45, 2.75) is 46.2 Å². The van der Waals surface area contributed by atoms with Crippen molar-refractivity contribution in [3.05, 3.63) is 0 Å². The fraction of sp³-hybridized carbons (Fsp3) is 1.00. The number of hydrogen-bond donors (Lipinski definition) is 1. The van der Waals surface area contributed by atoms with Crippen LogP contribution in [0.5, 0.6) is 0 Å². The lowest BCUT2D eigenvalue weighted by Crippen LogP contribution is -2.49. The van der Waals surface area contributed by atoms with Gasteiger partial charge in [0.05, 0.1) is 0 Å². The Labute approximate surface area is 101 Å². The first-order valence-corrected chi connectivity index (χ1v) is 6.79. The van der Waals surface area contributed by atoms with Crippen LogP contribution in [0.2, 0.25) is 0 Å². The van der Waals surface area contributed by atoms with E-state index in [0.29, 0.717) is 12.1 Å². The molecule has 3 heteroatoms. The van der Waals surface area contributed by atoms with Crippen molar-refractivity contribution in [3.8, 4) is 0 Å². The van der Waals surface area contributed by atoms with Gasteiger partial charge in [0.25, 0.3) is 0 Å². The molecule has 1 heterocycles. The molecule has 1 rings (SSSR count). The molecule has 0 aromatic carbocycles. The fourth-order valence-corrected chi connectivity index (χ4v) is 2.20. The minimum Gasteiger partial charge on any atom is -0.314 e. The third-order valence-electron chi connectivity index (χ3n) is 3.34. The Balaban J connectivity index is 2.04. The van der Waals surface area contributed by atoms with E-state index in [1.807, 2.05) is 0 Å². The van der Waals surface area contributed by atoms with Gasteiger partial charge in [0.2, 0.25) is 0 Å². The number of piperazine rings is 1. The first-order chi connectivity index (χ1) is 7.59. The topological polar surface area (TPSA) is 18.5 Å². The van der Waals surface area contributed by atoms with E-state index in [0.717, 1.165) is 6.54 Å². The summed E-state index contributed by atoms with van der Waals surface area (Å²) in [7, 11) is 0. The molecule has 0 aromatic rings. The molecule has 1 aliphatic rings. The van der Waals surface area contributed by atoms with Gasteiger partial charge in [-0.15, -0.1) is 0 Å². The molecule has 3 nitrogen and oxygen atoms in total. The molecular weight excluding hydrogens is 198 g/mol. The van der Waals surface area contributed by atoms with Crippen LogP contribution in [-0.4, -0.2) is 61.2 Å². The van der Waals surface area contributed by atoms with Crippen LogP contribution in [-0.2, 0) is 0 Å². The van der Waals surface area contributed by atoms with Crippen LogP contribution in [0.3, 0.4) is 0 Å². The van der Waals surface area contributed by atoms with E-state index in [2.05, 4.69) is 42.8 Å². The molecule has 0 atom stereocenters. The van der Waals surface area contributed by atoms with Crippen LogP contribution < -0.4 is 5.32 Å². The van der Waals surface area contributed by atoms with Gasteiger partial charge in [0, 0.05) is 38.3 Å². The summed E-state index contributed by atoms with van der Waals surface area (Å²) in [5.74, 6) is 0. The molecule has 1 fully saturated rings. The molecule has 0 amide bonds. The third-order valence-corrected chi connectivity index (χ3v) is 3.34. The van der Waals surface area contributed by atoms with Gasteiger partial charge in [-0.05, 0) is 33.4 Å². The van der Waals surface area contributed by atoms with Crippen molar-refractivity contribution in [1.82, 2.24) is 15.1 Å². The van der Waals surface area contributed by atoms with Crippen molar-refractivity contribution < 1.29 is 0 Å². The zero-order valence-corrected chi connectivity index (χ0v) is 11.5. The van der Waals surface area contributed by atoms with E-state index in [-0.39, 0.29) is 0 Å². The molecule has 96 valence electrons. The van der Waals surface area contributed by atoms with E-state index in [4.69, 9.17) is 0 Å². The summed E-state index contributed by atoms with van der Waals surface area (Å²) in [6, 6.07) is 1.34. The highest BCUT2D eigenvalue weighted by molar-refractivity contribution is 4.74. The van der Waals surface area contributed by atoms with E-state index in [1.165, 1.54) is 39.1 Å². The number of rotatable bonds is 6. The van der Waals surface area contributed by atoms with E-state index >= 15 is 0 Å². The predicted molar refractivity (Wildman–Crippen MR) is 70.9 cm³/mol. The van der Waals surface area contributed by atoms with Gasteiger partial charge in [-0.3, -0.25) is 4.90 Å². The van der Waals surface area contributed by atoms with Crippen molar-refractivity contribution >= 4 is 0 Å². The monoisotopic (exact) mass is 227 g/mol. The number of nitrogens with zero attached hydrogens (tertiary/aromatic N) is 2. The molecular formula is C13H29N3. The zero-order valence-electron chi connectivity index (χ0n) is 11.5. The lowest BCUT2D eigenvalue weighted by molar-refractivity contribution is 0.108.